The van der Waals surface area contributed by atoms with Crippen LogP contribution in [0.5, 0.6) is 0 Å². The molecule has 29 heavy (non-hydrogen) atoms. The van der Waals surface area contributed by atoms with E-state index < -0.39 is 35.2 Å². The Morgan fingerprint density at radius 1 is 1.45 bits per heavy atom. The molecule has 2 amide bonds. The number of hydrogen-bond donors (Lipinski definition) is 2. The number of hydrogen-bond acceptors (Lipinski definition) is 10. The van der Waals surface area contributed by atoms with Crippen LogP contribution < -0.4 is 5.32 Å². The number of aromatic nitrogens is 1. The minimum Gasteiger partial charge on any atom is -0.477 e. The number of amides is 2. The first-order valence-corrected chi connectivity index (χ1v) is 10.2. The van der Waals surface area contributed by atoms with Crippen molar-refractivity contribution in [3.8, 4) is 0 Å². The van der Waals surface area contributed by atoms with Crippen LogP contribution in [0.2, 0.25) is 0 Å². The molecular weight excluding hydrogens is 424 g/mol. The van der Waals surface area contributed by atoms with Crippen LogP contribution in [-0.2, 0) is 28.8 Å². The number of β-lactam (4-membered cyclic amide) rings is 1. The van der Waals surface area contributed by atoms with Crippen LogP contribution in [0.4, 0.5) is 0 Å². The van der Waals surface area contributed by atoms with Crippen molar-refractivity contribution in [1.29, 1.82) is 0 Å². The number of rotatable bonds is 7. The van der Waals surface area contributed by atoms with Crippen molar-refractivity contribution >= 4 is 52.6 Å². The smallest absolute Gasteiger partial charge is 0.352 e. The second-order valence-electron chi connectivity index (χ2n) is 5.89. The van der Waals surface area contributed by atoms with E-state index in [0.29, 0.717) is 11.3 Å². The summed E-state index contributed by atoms with van der Waals surface area (Å²) < 4.78 is 4.88. The minimum atomic E-state index is -1.31. The average Bonchev–Trinajstić information content (AvgIpc) is 3.21. The number of thiazole rings is 1. The number of thioether (sulfide) groups is 1. The largest absolute Gasteiger partial charge is 0.477 e. The molecule has 2 aliphatic heterocycles. The number of nitrogens with zero attached hydrogens (tertiary/aromatic N) is 3. The first-order valence-electron chi connectivity index (χ1n) is 8.19. The van der Waals surface area contributed by atoms with Gasteiger partial charge in [-0.1, -0.05) is 5.16 Å². The van der Waals surface area contributed by atoms with E-state index >= 15 is 0 Å². The topological polar surface area (TPSA) is 147 Å². The van der Waals surface area contributed by atoms with E-state index in [0.717, 1.165) is 4.90 Å². The lowest BCUT2D eigenvalue weighted by atomic mass is 10.0. The quantitative estimate of drug-likeness (QED) is 0.254. The van der Waals surface area contributed by atoms with Crippen LogP contribution in [0, 0.1) is 0 Å². The maximum Gasteiger partial charge on any atom is 0.352 e. The van der Waals surface area contributed by atoms with Crippen LogP contribution >= 0.6 is 23.1 Å². The van der Waals surface area contributed by atoms with Gasteiger partial charge in [0.05, 0.1) is 5.51 Å². The lowest BCUT2D eigenvalue weighted by Gasteiger charge is -2.49. The Morgan fingerprint density at radius 2 is 2.21 bits per heavy atom. The van der Waals surface area contributed by atoms with Crippen LogP contribution in [0.1, 0.15) is 12.6 Å². The van der Waals surface area contributed by atoms with E-state index in [9.17, 15) is 24.3 Å². The molecular formula is C16H16N4O7S2. The zero-order valence-corrected chi connectivity index (χ0v) is 16.9. The summed E-state index contributed by atoms with van der Waals surface area (Å²) >= 11 is 2.53. The van der Waals surface area contributed by atoms with Crippen molar-refractivity contribution < 1.29 is 33.9 Å². The van der Waals surface area contributed by atoms with Crippen molar-refractivity contribution in [2.45, 2.75) is 18.3 Å². The molecule has 2 atom stereocenters. The van der Waals surface area contributed by atoms with Gasteiger partial charge >= 0.3 is 11.9 Å². The predicted octanol–water partition coefficient (Wildman–Crippen LogP) is -0.205. The molecule has 0 radical (unpaired) electrons. The van der Waals surface area contributed by atoms with Gasteiger partial charge in [0.15, 0.2) is 5.71 Å². The van der Waals surface area contributed by atoms with Crippen molar-refractivity contribution in [3.05, 3.63) is 27.9 Å². The van der Waals surface area contributed by atoms with Gasteiger partial charge in [0.25, 0.3) is 11.8 Å². The van der Waals surface area contributed by atoms with Gasteiger partial charge in [0.2, 0.25) is 0 Å². The summed E-state index contributed by atoms with van der Waals surface area (Å²) in [5, 5.41) is 16.8. The summed E-state index contributed by atoms with van der Waals surface area (Å²) in [6.45, 7) is 0.994. The molecule has 13 heteroatoms. The number of carboxylic acid groups (broad SMARTS) is 1. The highest BCUT2D eigenvalue weighted by Gasteiger charge is 2.54. The minimum absolute atomic E-state index is 0.0923. The zero-order chi connectivity index (χ0) is 21.1. The number of ether oxygens (including phenoxy) is 1. The maximum absolute atomic E-state index is 12.6. The Labute approximate surface area is 172 Å². The van der Waals surface area contributed by atoms with Crippen LogP contribution in [0.15, 0.2) is 27.3 Å². The molecule has 1 saturated heterocycles. The SMILES string of the molecule is CON=C(C(=O)NC1C(=O)N2C(C(=O)O)=C(COC(C)=O)CS[C@@H]12)c1cscn1. The monoisotopic (exact) mass is 440 g/mol. The number of carboxylic acids is 1. The molecule has 11 nitrogen and oxygen atoms in total. The Balaban J connectivity index is 1.77. The zero-order valence-electron chi connectivity index (χ0n) is 15.3. The lowest BCUT2D eigenvalue weighted by Crippen LogP contribution is -2.71. The highest BCUT2D eigenvalue weighted by molar-refractivity contribution is 8.00. The fraction of sp³-hybridized carbons (Fsp3) is 0.375. The van der Waals surface area contributed by atoms with E-state index in [1.807, 2.05) is 0 Å². The van der Waals surface area contributed by atoms with Gasteiger partial charge in [-0.25, -0.2) is 9.78 Å². The van der Waals surface area contributed by atoms with Crippen molar-refractivity contribution in [2.75, 3.05) is 19.5 Å². The molecule has 3 heterocycles. The van der Waals surface area contributed by atoms with E-state index in [1.165, 1.54) is 42.6 Å². The van der Waals surface area contributed by atoms with Gasteiger partial charge in [0.1, 0.15) is 36.5 Å². The third-order valence-electron chi connectivity index (χ3n) is 4.06. The first-order chi connectivity index (χ1) is 13.8. The molecule has 1 fully saturated rings. The van der Waals surface area contributed by atoms with Gasteiger partial charge in [-0.05, 0) is 0 Å². The summed E-state index contributed by atoms with van der Waals surface area (Å²) in [6, 6.07) is -0.933. The molecule has 2 aliphatic rings. The van der Waals surface area contributed by atoms with Crippen molar-refractivity contribution in [2.24, 2.45) is 5.16 Å². The van der Waals surface area contributed by atoms with Gasteiger partial charge < -0.3 is 20.0 Å². The Kier molecular flexibility index (Phi) is 6.17. The normalized spacial score (nSPS) is 21.2. The third-order valence-corrected chi connectivity index (χ3v) is 5.98. The molecule has 0 aromatic carbocycles. The molecule has 0 bridgehead atoms. The Morgan fingerprint density at radius 3 is 2.79 bits per heavy atom. The molecule has 2 N–H and O–H groups in total. The first kappa shape index (κ1) is 20.8. The number of nitrogens with one attached hydrogen (secondary N) is 1. The number of fused-ring (bicyclic) bond motifs is 1. The van der Waals surface area contributed by atoms with Crippen molar-refractivity contribution in [3.63, 3.8) is 0 Å². The van der Waals surface area contributed by atoms with Crippen molar-refractivity contribution in [1.82, 2.24) is 15.2 Å². The molecule has 0 saturated carbocycles. The predicted molar refractivity (Wildman–Crippen MR) is 102 cm³/mol. The molecule has 0 aliphatic carbocycles. The summed E-state index contributed by atoms with van der Waals surface area (Å²) in [5.41, 5.74) is 1.82. The summed E-state index contributed by atoms with van der Waals surface area (Å²) in [6.07, 6.45) is 0. The maximum atomic E-state index is 12.6. The van der Waals surface area contributed by atoms with Crippen LogP contribution in [0.25, 0.3) is 0 Å². The highest BCUT2D eigenvalue weighted by Crippen LogP contribution is 2.40. The number of esters is 1. The highest BCUT2D eigenvalue weighted by atomic mass is 32.2. The van der Waals surface area contributed by atoms with Gasteiger partial charge in [-0.15, -0.1) is 23.1 Å². The van der Waals surface area contributed by atoms with E-state index in [2.05, 4.69) is 20.3 Å². The number of carbonyl (C=O) groups is 4. The number of aliphatic carboxylic acids is 1. The Hall–Kier alpha value is -2.93. The molecule has 3 rings (SSSR count). The van der Waals surface area contributed by atoms with Crippen LogP contribution in [-0.4, -0.2) is 75.3 Å². The van der Waals surface area contributed by atoms with E-state index in [4.69, 9.17) is 4.74 Å². The van der Waals surface area contributed by atoms with E-state index in [-0.39, 0.29) is 23.8 Å². The third kappa shape index (κ3) is 4.10. The van der Waals surface area contributed by atoms with Crippen LogP contribution in [0.3, 0.4) is 0 Å². The van der Waals surface area contributed by atoms with E-state index in [1.54, 1.807) is 5.38 Å². The summed E-state index contributed by atoms with van der Waals surface area (Å²) in [5.74, 6) is -2.87. The Bertz CT molecular complexity index is 912. The number of carbonyl (C=O) groups excluding carboxylic acids is 3. The summed E-state index contributed by atoms with van der Waals surface area (Å²) in [4.78, 5) is 57.7. The second-order valence-corrected chi connectivity index (χ2v) is 7.72. The number of oxime groups is 1. The fourth-order valence-electron chi connectivity index (χ4n) is 2.82. The van der Waals surface area contributed by atoms with Gasteiger partial charge in [0, 0.05) is 23.6 Å². The molecule has 154 valence electrons. The molecule has 1 aromatic rings. The second kappa shape index (κ2) is 8.61. The van der Waals surface area contributed by atoms with Gasteiger partial charge in [-0.3, -0.25) is 19.3 Å². The fourth-order valence-corrected chi connectivity index (χ4v) is 4.68. The summed E-state index contributed by atoms with van der Waals surface area (Å²) in [7, 11) is 1.28. The standard InChI is InChI=1S/C16H16N4O7S2/c1-7(21)27-3-8-4-29-15-11(14(23)20(15)12(8)16(24)25)18-13(22)10(19-26-2)9-5-28-6-17-9/h5-6,11,15H,3-4H2,1-2H3,(H,18,22)(H,24,25)/t11?,15-/m0/s1. The molecule has 1 aromatic heterocycles. The van der Waals surface area contributed by atoms with Gasteiger partial charge in [-0.2, -0.15) is 0 Å². The molecule has 1 unspecified atom stereocenters. The molecule has 0 spiro atoms. The lowest BCUT2D eigenvalue weighted by molar-refractivity contribution is -0.150. The average molecular weight is 440 g/mol.